The summed E-state index contributed by atoms with van der Waals surface area (Å²) >= 11 is 1.93. The molecule has 6 rings (SSSR count). The number of aliphatic hydroxyl groups is 14. The van der Waals surface area contributed by atoms with E-state index in [4.69, 9.17) is 28.4 Å². The van der Waals surface area contributed by atoms with E-state index in [0.29, 0.717) is 21.2 Å². The van der Waals surface area contributed by atoms with Crippen molar-refractivity contribution in [3.05, 3.63) is 48.5 Å². The van der Waals surface area contributed by atoms with Crippen LogP contribution in [-0.2, 0) is 38.0 Å². The predicted octanol–water partition coefficient (Wildman–Crippen LogP) is -5.91. The van der Waals surface area contributed by atoms with Crippen LogP contribution in [0.2, 0.25) is 0 Å². The molecule has 0 radical (unpaired) electrons. The summed E-state index contributed by atoms with van der Waals surface area (Å²) in [4.78, 5) is 26.4. The van der Waals surface area contributed by atoms with Gasteiger partial charge in [0.2, 0.25) is 11.8 Å². The zero-order valence-corrected chi connectivity index (χ0v) is 35.7. The predicted molar refractivity (Wildman–Crippen MR) is 219 cm³/mol. The number of anilines is 2. The van der Waals surface area contributed by atoms with E-state index in [1.165, 1.54) is 24.3 Å². The van der Waals surface area contributed by atoms with Crippen LogP contribution in [0, 0.1) is 0 Å². The summed E-state index contributed by atoms with van der Waals surface area (Å²) in [5.41, 5.74) is -1.66. The third-order valence-corrected chi connectivity index (χ3v) is 13.4. The highest BCUT2D eigenvalue weighted by Gasteiger charge is 2.52. The first kappa shape index (κ1) is 51.7. The van der Waals surface area contributed by atoms with Gasteiger partial charge < -0.3 is 111 Å². The highest BCUT2D eigenvalue weighted by atomic mass is 32.2. The topological polar surface area (TPSA) is 397 Å². The molecule has 4 aliphatic heterocycles. The molecular weight excluding hydrogens is 913 g/mol. The average Bonchev–Trinajstić information content (AvgIpc) is 3.29. The lowest BCUT2D eigenvalue weighted by atomic mass is 9.97. The van der Waals surface area contributed by atoms with Crippen molar-refractivity contribution in [1.29, 1.82) is 0 Å². The molecule has 4 aliphatic rings. The zero-order chi connectivity index (χ0) is 47.3. The van der Waals surface area contributed by atoms with E-state index >= 15 is 0 Å². The van der Waals surface area contributed by atoms with Gasteiger partial charge in [-0.3, -0.25) is 9.59 Å². The SMILES string of the molecule is O=C(CC(=O)Nc1ccc(S[C@@H]2O[C@H](CO)[C@@H](O[C@H]3O[C@H](CO)[C@@H](O)[C@H](O)[C@H]3O)[C@H](O)[C@H]2O)cc1)Nc1ccc(S[C@@H]2O[C@H](CO)[C@@H](O[C@H]3O[C@H](CO)[C@@H](O)[C@H](O)[C@H]3O)[C@H](O)[C@H]2O)cc1. The quantitative estimate of drug-likeness (QED) is 0.0697. The van der Waals surface area contributed by atoms with Crippen molar-refractivity contribution in [3.8, 4) is 0 Å². The highest BCUT2D eigenvalue weighted by molar-refractivity contribution is 8.00. The molecule has 4 fully saturated rings. The Balaban J connectivity index is 0.948. The number of amides is 2. The van der Waals surface area contributed by atoms with Gasteiger partial charge >= 0.3 is 0 Å². The fourth-order valence-corrected chi connectivity index (χ4v) is 9.48. The Kier molecular flexibility index (Phi) is 18.3. The monoisotopic (exact) mass is 966 g/mol. The van der Waals surface area contributed by atoms with Crippen LogP contribution in [-0.4, -0.2) is 231 Å². The third kappa shape index (κ3) is 12.1. The molecule has 0 aromatic heterocycles. The summed E-state index contributed by atoms with van der Waals surface area (Å²) in [6.45, 7) is -2.86. The van der Waals surface area contributed by atoms with E-state index in [0.717, 1.165) is 23.5 Å². The van der Waals surface area contributed by atoms with Gasteiger partial charge in [0.1, 0.15) is 115 Å². The number of benzene rings is 2. The number of aliphatic hydroxyl groups excluding tert-OH is 14. The summed E-state index contributed by atoms with van der Waals surface area (Å²) in [5.74, 6) is -1.32. The Morgan fingerprint density at radius 3 is 1.11 bits per heavy atom. The minimum absolute atomic E-state index is 0.312. The lowest BCUT2D eigenvalue weighted by molar-refractivity contribution is -0.338. The molecule has 2 aromatic carbocycles. The van der Waals surface area contributed by atoms with Gasteiger partial charge in [0, 0.05) is 21.2 Å². The normalized spacial score (nSPS) is 40.0. The summed E-state index contributed by atoms with van der Waals surface area (Å²) < 4.78 is 33.4. The Morgan fingerprint density at radius 1 is 0.446 bits per heavy atom. The third-order valence-electron chi connectivity index (χ3n) is 11.0. The fourth-order valence-electron chi connectivity index (χ4n) is 7.36. The summed E-state index contributed by atoms with van der Waals surface area (Å²) in [7, 11) is 0. The lowest BCUT2D eigenvalue weighted by Gasteiger charge is -2.46. The number of hydrogen-bond donors (Lipinski definition) is 16. The van der Waals surface area contributed by atoms with Crippen LogP contribution < -0.4 is 10.6 Å². The van der Waals surface area contributed by atoms with Gasteiger partial charge in [-0.15, -0.1) is 0 Å². The molecule has 20 atom stereocenters. The lowest BCUT2D eigenvalue weighted by Crippen LogP contribution is -2.64. The van der Waals surface area contributed by atoms with Gasteiger partial charge in [-0.25, -0.2) is 0 Å². The van der Waals surface area contributed by atoms with Crippen LogP contribution in [0.4, 0.5) is 11.4 Å². The Bertz CT molecular complexity index is 1710. The molecule has 0 aliphatic carbocycles. The van der Waals surface area contributed by atoms with E-state index in [-0.39, 0.29) is 0 Å². The molecule has 2 amide bonds. The number of thioether (sulfide) groups is 2. The van der Waals surface area contributed by atoms with E-state index in [9.17, 15) is 81.1 Å². The number of ether oxygens (including phenoxy) is 6. The van der Waals surface area contributed by atoms with E-state index in [1.807, 2.05) is 0 Å². The Morgan fingerprint density at radius 2 is 0.785 bits per heavy atom. The van der Waals surface area contributed by atoms with Crippen LogP contribution in [0.15, 0.2) is 58.3 Å². The van der Waals surface area contributed by atoms with E-state index in [2.05, 4.69) is 10.6 Å². The first-order valence-corrected chi connectivity index (χ1v) is 22.0. The van der Waals surface area contributed by atoms with Crippen LogP contribution in [0.1, 0.15) is 6.42 Å². The Hall–Kier alpha value is -2.72. The van der Waals surface area contributed by atoms with Gasteiger partial charge in [0.25, 0.3) is 0 Å². The molecule has 0 saturated carbocycles. The highest BCUT2D eigenvalue weighted by Crippen LogP contribution is 2.38. The fraction of sp³-hybridized carbons (Fsp3) is 0.641. The van der Waals surface area contributed by atoms with Crippen LogP contribution in [0.5, 0.6) is 0 Å². The van der Waals surface area contributed by atoms with Crippen LogP contribution in [0.25, 0.3) is 0 Å². The number of carbonyl (C=O) groups is 2. The second kappa shape index (κ2) is 23.1. The van der Waals surface area contributed by atoms with Crippen LogP contribution >= 0.6 is 23.5 Å². The molecule has 0 bridgehead atoms. The van der Waals surface area contributed by atoms with Gasteiger partial charge in [-0.1, -0.05) is 23.5 Å². The van der Waals surface area contributed by atoms with Crippen molar-refractivity contribution in [2.24, 2.45) is 0 Å². The van der Waals surface area contributed by atoms with Gasteiger partial charge in [-0.05, 0) is 48.5 Å². The molecule has 4 heterocycles. The van der Waals surface area contributed by atoms with Crippen LogP contribution in [0.3, 0.4) is 0 Å². The van der Waals surface area contributed by atoms with Gasteiger partial charge in [0.05, 0.1) is 26.4 Å². The number of hydrogen-bond acceptors (Lipinski definition) is 24. The maximum Gasteiger partial charge on any atom is 0.233 e. The van der Waals surface area contributed by atoms with Crippen molar-refractivity contribution >= 4 is 46.7 Å². The zero-order valence-electron chi connectivity index (χ0n) is 34.0. The van der Waals surface area contributed by atoms with Crippen molar-refractivity contribution in [1.82, 2.24) is 0 Å². The molecule has 364 valence electrons. The first-order chi connectivity index (χ1) is 31.0. The molecule has 24 nitrogen and oxygen atoms in total. The largest absolute Gasteiger partial charge is 0.394 e. The second-order valence-electron chi connectivity index (χ2n) is 15.6. The summed E-state index contributed by atoms with van der Waals surface area (Å²) in [5, 5.41) is 149. The minimum Gasteiger partial charge on any atom is -0.394 e. The van der Waals surface area contributed by atoms with E-state index < -0.39 is 166 Å². The van der Waals surface area contributed by atoms with Crippen molar-refractivity contribution in [2.45, 2.75) is 137 Å². The van der Waals surface area contributed by atoms with Crippen molar-refractivity contribution in [2.75, 3.05) is 37.1 Å². The minimum atomic E-state index is -1.80. The molecule has 16 N–H and O–H groups in total. The number of rotatable bonds is 16. The maximum atomic E-state index is 12.7. The summed E-state index contributed by atoms with van der Waals surface area (Å²) in [6.07, 6.45) is -29.0. The maximum absolute atomic E-state index is 12.7. The smallest absolute Gasteiger partial charge is 0.233 e. The molecule has 0 unspecified atom stereocenters. The standard InChI is InChI=1S/C39H54N2O22S2/c42-10-18-24(48)26(50)30(54)36(58-18)62-34-20(12-44)60-38(32(56)28(34)52)64-16-5-1-14(2-6-16)40-22(46)9-23(47)41-15-3-7-17(8-4-15)65-39-33(57)29(53)35(21(13-45)61-39)63-37-31(55)27(51)25(49)19(11-43)59-37/h1-8,18-21,24-39,42-45,48-57H,9-13H2,(H,40,46)(H,41,47)/t18-,19-,20-,21-,24-,25-,26+,27+,28-,29-,30-,31-,32-,33-,34-,35-,36-,37-,38+,39+/m1/s1. The molecule has 0 spiro atoms. The van der Waals surface area contributed by atoms with Crippen molar-refractivity contribution in [3.63, 3.8) is 0 Å². The number of carbonyl (C=O) groups excluding carboxylic acids is 2. The first-order valence-electron chi connectivity index (χ1n) is 20.3. The second-order valence-corrected chi connectivity index (χ2v) is 17.9. The summed E-state index contributed by atoms with van der Waals surface area (Å²) in [6, 6.07) is 12.3. The molecule has 26 heteroatoms. The molecule has 65 heavy (non-hydrogen) atoms. The Labute approximate surface area is 378 Å². The van der Waals surface area contributed by atoms with Gasteiger partial charge in [-0.2, -0.15) is 0 Å². The molecular formula is C39H54N2O22S2. The molecule has 2 aromatic rings. The van der Waals surface area contributed by atoms with Gasteiger partial charge in [0.15, 0.2) is 12.6 Å². The van der Waals surface area contributed by atoms with Crippen molar-refractivity contribution < 1.29 is 110 Å². The van der Waals surface area contributed by atoms with E-state index in [1.54, 1.807) is 24.3 Å². The average molecular weight is 967 g/mol. The molecule has 4 saturated heterocycles. The number of nitrogens with one attached hydrogen (secondary N) is 2.